The molecule has 5 rings (SSSR count). The molecule has 8 heteroatoms. The standard InChI is InChI=1S/C26H28ClN5OS/c1-18-8-9-19(2)32(18)23-22-7-4-10-29-26(22)34-24(23)25(33)28-11-12-30-13-15-31(16-14-30)21-6-3-5-20(27)17-21/h3-10,17H,11-16H2,1-2H3,(H,28,33). The highest BCUT2D eigenvalue weighted by Gasteiger charge is 2.23. The highest BCUT2D eigenvalue weighted by molar-refractivity contribution is 7.21. The number of hydrogen-bond donors (Lipinski definition) is 1. The Bertz CT molecular complexity index is 1300. The van der Waals surface area contributed by atoms with Crippen LogP contribution in [0, 0.1) is 13.8 Å². The summed E-state index contributed by atoms with van der Waals surface area (Å²) in [5.74, 6) is -0.0388. The summed E-state index contributed by atoms with van der Waals surface area (Å²) < 4.78 is 2.16. The lowest BCUT2D eigenvalue weighted by molar-refractivity contribution is 0.0952. The van der Waals surface area contributed by atoms with Gasteiger partial charge in [-0.25, -0.2) is 4.98 Å². The largest absolute Gasteiger partial charge is 0.369 e. The molecule has 1 aliphatic rings. The van der Waals surface area contributed by atoms with Crippen molar-refractivity contribution < 1.29 is 4.79 Å². The van der Waals surface area contributed by atoms with Crippen LogP contribution in [-0.2, 0) is 0 Å². The van der Waals surface area contributed by atoms with Crippen molar-refractivity contribution in [2.75, 3.05) is 44.2 Å². The Morgan fingerprint density at radius 1 is 1.06 bits per heavy atom. The van der Waals surface area contributed by atoms with E-state index in [0.717, 1.165) is 65.0 Å². The molecule has 1 amide bonds. The van der Waals surface area contributed by atoms with E-state index in [-0.39, 0.29) is 5.91 Å². The van der Waals surface area contributed by atoms with Crippen molar-refractivity contribution >= 4 is 44.7 Å². The van der Waals surface area contributed by atoms with Crippen LogP contribution in [-0.4, -0.2) is 59.6 Å². The SMILES string of the molecule is Cc1ccc(C)n1-c1c(C(=O)NCCN2CCN(c3cccc(Cl)c3)CC2)sc2ncccc12. The lowest BCUT2D eigenvalue weighted by Crippen LogP contribution is -2.48. The van der Waals surface area contributed by atoms with E-state index < -0.39 is 0 Å². The third-order valence-corrected chi connectivity index (χ3v) is 7.74. The topological polar surface area (TPSA) is 53.4 Å². The molecule has 1 saturated heterocycles. The van der Waals surface area contributed by atoms with Gasteiger partial charge in [-0.2, -0.15) is 0 Å². The third kappa shape index (κ3) is 4.56. The van der Waals surface area contributed by atoms with E-state index in [4.69, 9.17) is 11.6 Å². The summed E-state index contributed by atoms with van der Waals surface area (Å²) in [7, 11) is 0. The minimum Gasteiger partial charge on any atom is -0.369 e. The number of carbonyl (C=O) groups is 1. The van der Waals surface area contributed by atoms with Crippen LogP contribution in [0.1, 0.15) is 21.1 Å². The van der Waals surface area contributed by atoms with E-state index in [1.165, 1.54) is 17.0 Å². The summed E-state index contributed by atoms with van der Waals surface area (Å²) >= 11 is 7.60. The third-order valence-electron chi connectivity index (χ3n) is 6.40. The van der Waals surface area contributed by atoms with Crippen LogP contribution in [0.15, 0.2) is 54.7 Å². The molecular weight excluding hydrogens is 466 g/mol. The number of nitrogens with zero attached hydrogens (tertiary/aromatic N) is 4. The first-order valence-corrected chi connectivity index (χ1v) is 12.7. The molecule has 1 N–H and O–H groups in total. The molecule has 4 heterocycles. The second-order valence-corrected chi connectivity index (χ2v) is 10.1. The lowest BCUT2D eigenvalue weighted by atomic mass is 10.2. The van der Waals surface area contributed by atoms with Gasteiger partial charge in [0.1, 0.15) is 9.71 Å². The number of rotatable bonds is 6. The minimum absolute atomic E-state index is 0.0388. The quantitative estimate of drug-likeness (QED) is 0.414. The van der Waals surface area contributed by atoms with E-state index in [1.54, 1.807) is 6.20 Å². The van der Waals surface area contributed by atoms with Crippen LogP contribution in [0.5, 0.6) is 0 Å². The van der Waals surface area contributed by atoms with Crippen LogP contribution in [0.2, 0.25) is 5.02 Å². The van der Waals surface area contributed by atoms with Crippen molar-refractivity contribution in [2.45, 2.75) is 13.8 Å². The number of pyridine rings is 1. The number of anilines is 1. The van der Waals surface area contributed by atoms with Gasteiger partial charge in [-0.3, -0.25) is 9.69 Å². The van der Waals surface area contributed by atoms with Crippen molar-refractivity contribution in [2.24, 2.45) is 0 Å². The maximum Gasteiger partial charge on any atom is 0.263 e. The average Bonchev–Trinajstić information content (AvgIpc) is 3.38. The molecule has 34 heavy (non-hydrogen) atoms. The zero-order chi connectivity index (χ0) is 23.7. The lowest BCUT2D eigenvalue weighted by Gasteiger charge is -2.36. The Hall–Kier alpha value is -2.87. The highest BCUT2D eigenvalue weighted by atomic mass is 35.5. The molecule has 1 aliphatic heterocycles. The molecule has 3 aromatic heterocycles. The van der Waals surface area contributed by atoms with Crippen molar-refractivity contribution in [3.63, 3.8) is 0 Å². The number of aromatic nitrogens is 2. The van der Waals surface area contributed by atoms with Gasteiger partial charge in [0.2, 0.25) is 0 Å². The number of piperazine rings is 1. The van der Waals surface area contributed by atoms with Crippen LogP contribution in [0.4, 0.5) is 5.69 Å². The zero-order valence-corrected chi connectivity index (χ0v) is 21.0. The summed E-state index contributed by atoms with van der Waals surface area (Å²) in [4.78, 5) is 24.1. The number of aryl methyl sites for hydroxylation is 2. The normalized spacial score (nSPS) is 14.6. The summed E-state index contributed by atoms with van der Waals surface area (Å²) in [6.07, 6.45) is 1.78. The fraction of sp³-hybridized carbons (Fsp3) is 0.308. The number of hydrogen-bond acceptors (Lipinski definition) is 5. The Morgan fingerprint density at radius 2 is 1.82 bits per heavy atom. The van der Waals surface area contributed by atoms with Gasteiger partial charge in [0.05, 0.1) is 5.69 Å². The van der Waals surface area contributed by atoms with Gasteiger partial charge in [-0.05, 0) is 56.3 Å². The van der Waals surface area contributed by atoms with Crippen LogP contribution < -0.4 is 10.2 Å². The first-order valence-electron chi connectivity index (χ1n) is 11.5. The number of nitrogens with one attached hydrogen (secondary N) is 1. The summed E-state index contributed by atoms with van der Waals surface area (Å²) in [6.45, 7) is 9.40. The van der Waals surface area contributed by atoms with Crippen molar-refractivity contribution in [1.29, 1.82) is 0 Å². The van der Waals surface area contributed by atoms with Gasteiger partial charge in [0.25, 0.3) is 5.91 Å². The molecule has 1 aromatic carbocycles. The van der Waals surface area contributed by atoms with Crippen molar-refractivity contribution in [3.05, 3.63) is 76.0 Å². The first-order chi connectivity index (χ1) is 16.5. The van der Waals surface area contributed by atoms with Crippen molar-refractivity contribution in [3.8, 4) is 5.69 Å². The van der Waals surface area contributed by atoms with Gasteiger partial charge in [0, 0.05) is 72.9 Å². The van der Waals surface area contributed by atoms with Gasteiger partial charge in [-0.15, -0.1) is 11.3 Å². The molecule has 4 aromatic rings. The number of benzene rings is 1. The maximum atomic E-state index is 13.3. The van der Waals surface area contributed by atoms with Crippen LogP contribution >= 0.6 is 22.9 Å². The summed E-state index contributed by atoms with van der Waals surface area (Å²) in [5.41, 5.74) is 4.31. The molecule has 0 atom stereocenters. The maximum absolute atomic E-state index is 13.3. The minimum atomic E-state index is -0.0388. The van der Waals surface area contributed by atoms with E-state index in [2.05, 4.69) is 56.7 Å². The molecule has 1 fully saturated rings. The van der Waals surface area contributed by atoms with Gasteiger partial charge in [-0.1, -0.05) is 17.7 Å². The molecule has 0 radical (unpaired) electrons. The Balaban J connectivity index is 1.24. The predicted octanol–water partition coefficient (Wildman–Crippen LogP) is 4.91. The van der Waals surface area contributed by atoms with Crippen LogP contribution in [0.3, 0.4) is 0 Å². The predicted molar refractivity (Wildman–Crippen MR) is 141 cm³/mol. The Morgan fingerprint density at radius 3 is 2.56 bits per heavy atom. The van der Waals surface area contributed by atoms with E-state index >= 15 is 0 Å². The second-order valence-electron chi connectivity index (χ2n) is 8.65. The molecule has 0 bridgehead atoms. The smallest absolute Gasteiger partial charge is 0.263 e. The van der Waals surface area contributed by atoms with E-state index in [1.807, 2.05) is 30.3 Å². The molecule has 0 aliphatic carbocycles. The molecule has 176 valence electrons. The molecule has 6 nitrogen and oxygen atoms in total. The van der Waals surface area contributed by atoms with E-state index in [9.17, 15) is 4.79 Å². The summed E-state index contributed by atoms with van der Waals surface area (Å²) in [5, 5.41) is 4.94. The fourth-order valence-electron chi connectivity index (χ4n) is 4.63. The van der Waals surface area contributed by atoms with Gasteiger partial charge >= 0.3 is 0 Å². The monoisotopic (exact) mass is 493 g/mol. The van der Waals surface area contributed by atoms with Crippen molar-refractivity contribution in [1.82, 2.24) is 19.8 Å². The molecule has 0 unspecified atom stereocenters. The number of carbonyl (C=O) groups excluding carboxylic acids is 1. The number of amides is 1. The van der Waals surface area contributed by atoms with Crippen LogP contribution in [0.25, 0.3) is 15.9 Å². The molecular formula is C26H28ClN5OS. The highest BCUT2D eigenvalue weighted by Crippen LogP contribution is 2.34. The fourth-order valence-corrected chi connectivity index (χ4v) is 5.86. The Kier molecular flexibility index (Phi) is 6.59. The zero-order valence-electron chi connectivity index (χ0n) is 19.4. The second kappa shape index (κ2) is 9.78. The molecule has 0 saturated carbocycles. The number of halogens is 1. The van der Waals surface area contributed by atoms with Gasteiger partial charge < -0.3 is 14.8 Å². The summed E-state index contributed by atoms with van der Waals surface area (Å²) in [6, 6.07) is 16.2. The first kappa shape index (κ1) is 22.9. The number of thiophene rings is 1. The molecule has 0 spiro atoms. The van der Waals surface area contributed by atoms with Gasteiger partial charge in [0.15, 0.2) is 0 Å². The number of fused-ring (bicyclic) bond motifs is 1. The Labute approximate surface area is 208 Å². The average molecular weight is 494 g/mol. The van der Waals surface area contributed by atoms with E-state index in [0.29, 0.717) is 11.4 Å².